The van der Waals surface area contributed by atoms with Gasteiger partial charge in [-0.05, 0) is 12.1 Å². The third-order valence-electron chi connectivity index (χ3n) is 2.69. The average Bonchev–Trinajstić information content (AvgIpc) is 2.82. The maximum absolute atomic E-state index is 11.5. The van der Waals surface area contributed by atoms with Gasteiger partial charge < -0.3 is 15.0 Å². The third-order valence-corrected chi connectivity index (χ3v) is 2.69. The highest BCUT2D eigenvalue weighted by molar-refractivity contribution is 5.89. The number of rotatable bonds is 2. The molecule has 2 heterocycles. The first-order valence-corrected chi connectivity index (χ1v) is 5.08. The molecule has 0 radical (unpaired) electrons. The van der Waals surface area contributed by atoms with Crippen molar-refractivity contribution in [2.75, 3.05) is 12.8 Å². The fourth-order valence-electron chi connectivity index (χ4n) is 1.68. The number of aromatic nitrogens is 3. The normalized spacial score (nSPS) is 10.5. The second kappa shape index (κ2) is 3.97. The summed E-state index contributed by atoms with van der Waals surface area (Å²) in [5, 5.41) is 4.26. The molecule has 0 aliphatic heterocycles. The Morgan fingerprint density at radius 3 is 2.65 bits per heavy atom. The van der Waals surface area contributed by atoms with Crippen LogP contribution < -0.4 is 5.73 Å². The van der Waals surface area contributed by atoms with Crippen molar-refractivity contribution in [1.29, 1.82) is 0 Å². The lowest BCUT2D eigenvalue weighted by Gasteiger charge is -2.03. The number of ether oxygens (including phenoxy) is 1. The lowest BCUT2D eigenvalue weighted by molar-refractivity contribution is 0.0590. The molecule has 2 N–H and O–H groups in total. The van der Waals surface area contributed by atoms with Gasteiger partial charge in [-0.3, -0.25) is 4.68 Å². The van der Waals surface area contributed by atoms with Crippen LogP contribution in [0.4, 0.5) is 5.82 Å². The minimum atomic E-state index is -0.373. The monoisotopic (exact) mass is 234 g/mol. The van der Waals surface area contributed by atoms with Crippen molar-refractivity contribution in [3.05, 3.63) is 23.9 Å². The van der Waals surface area contributed by atoms with E-state index in [1.165, 1.54) is 7.11 Å². The summed E-state index contributed by atoms with van der Waals surface area (Å²) in [5.41, 5.74) is 7.74. The molecule has 0 aromatic carbocycles. The highest BCUT2D eigenvalue weighted by atomic mass is 16.5. The van der Waals surface area contributed by atoms with E-state index in [1.807, 2.05) is 6.07 Å². The van der Waals surface area contributed by atoms with E-state index < -0.39 is 0 Å². The quantitative estimate of drug-likeness (QED) is 0.780. The number of hydrogen-bond donors (Lipinski definition) is 1. The molecule has 0 saturated carbocycles. The summed E-state index contributed by atoms with van der Waals surface area (Å²) in [5.74, 6) is 0.198. The van der Waals surface area contributed by atoms with E-state index >= 15 is 0 Å². The molecule has 0 amide bonds. The van der Waals surface area contributed by atoms with Gasteiger partial charge in [-0.1, -0.05) is 0 Å². The van der Waals surface area contributed by atoms with Crippen LogP contribution >= 0.6 is 0 Å². The van der Waals surface area contributed by atoms with Gasteiger partial charge in [0.25, 0.3) is 0 Å². The molecule has 0 aliphatic carbocycles. The fraction of sp³-hybridized carbons (Fsp3) is 0.273. The van der Waals surface area contributed by atoms with Crippen LogP contribution in [0, 0.1) is 0 Å². The van der Waals surface area contributed by atoms with E-state index in [9.17, 15) is 4.79 Å². The molecule has 90 valence electrons. The number of anilines is 1. The number of esters is 1. The highest BCUT2D eigenvalue weighted by Crippen LogP contribution is 2.22. The van der Waals surface area contributed by atoms with E-state index in [2.05, 4.69) is 9.84 Å². The smallest absolute Gasteiger partial charge is 0.354 e. The average molecular weight is 234 g/mol. The van der Waals surface area contributed by atoms with Crippen LogP contribution in [0.5, 0.6) is 0 Å². The molecule has 0 spiro atoms. The van der Waals surface area contributed by atoms with Crippen LogP contribution in [0.25, 0.3) is 11.4 Å². The molecule has 2 aromatic heterocycles. The van der Waals surface area contributed by atoms with Crippen LogP contribution in [-0.4, -0.2) is 27.4 Å². The fourth-order valence-corrected chi connectivity index (χ4v) is 1.68. The number of nitrogens with zero attached hydrogens (tertiary/aromatic N) is 3. The molecular formula is C11H14N4O2. The van der Waals surface area contributed by atoms with Crippen molar-refractivity contribution in [1.82, 2.24) is 14.3 Å². The van der Waals surface area contributed by atoms with Gasteiger partial charge in [-0.15, -0.1) is 0 Å². The number of carbonyl (C=O) groups is 1. The summed E-state index contributed by atoms with van der Waals surface area (Å²) in [6.07, 6.45) is 0. The van der Waals surface area contributed by atoms with E-state index in [4.69, 9.17) is 5.73 Å². The standard InChI is InChI=1S/C11H14N4O2/c1-14-8(4-5-9(14)11(16)17-3)7-6-10(12)15(2)13-7/h4-6H,12H2,1-3H3. The third kappa shape index (κ3) is 1.77. The van der Waals surface area contributed by atoms with Gasteiger partial charge >= 0.3 is 5.97 Å². The Bertz CT molecular complexity index is 549. The summed E-state index contributed by atoms with van der Waals surface area (Å²) in [6, 6.07) is 5.27. The minimum absolute atomic E-state index is 0.373. The largest absolute Gasteiger partial charge is 0.464 e. The molecule has 2 rings (SSSR count). The van der Waals surface area contributed by atoms with Crippen molar-refractivity contribution < 1.29 is 9.53 Å². The molecule has 0 bridgehead atoms. The molecular weight excluding hydrogens is 220 g/mol. The molecule has 6 nitrogen and oxygen atoms in total. The lowest BCUT2D eigenvalue weighted by atomic mass is 10.3. The summed E-state index contributed by atoms with van der Waals surface area (Å²) >= 11 is 0. The highest BCUT2D eigenvalue weighted by Gasteiger charge is 2.15. The first-order chi connectivity index (χ1) is 8.04. The van der Waals surface area contributed by atoms with Gasteiger partial charge in [0.1, 0.15) is 17.2 Å². The van der Waals surface area contributed by atoms with Gasteiger partial charge in [0.2, 0.25) is 0 Å². The molecule has 2 aromatic rings. The van der Waals surface area contributed by atoms with Crippen LogP contribution in [0.2, 0.25) is 0 Å². The molecule has 6 heteroatoms. The van der Waals surface area contributed by atoms with E-state index in [1.54, 1.807) is 35.5 Å². The number of aryl methyl sites for hydroxylation is 1. The van der Waals surface area contributed by atoms with Crippen LogP contribution in [-0.2, 0) is 18.8 Å². The number of carbonyl (C=O) groups excluding carboxylic acids is 1. The SMILES string of the molecule is COC(=O)c1ccc(-c2cc(N)n(C)n2)n1C. The Hall–Kier alpha value is -2.24. The summed E-state index contributed by atoms with van der Waals surface area (Å²) in [6.45, 7) is 0. The second-order valence-electron chi connectivity index (χ2n) is 3.73. The summed E-state index contributed by atoms with van der Waals surface area (Å²) in [4.78, 5) is 11.5. The maximum atomic E-state index is 11.5. The predicted molar refractivity (Wildman–Crippen MR) is 63.4 cm³/mol. The van der Waals surface area contributed by atoms with E-state index in [-0.39, 0.29) is 5.97 Å². The molecule has 0 saturated heterocycles. The number of nitrogen functional groups attached to an aromatic ring is 1. The van der Waals surface area contributed by atoms with E-state index in [0.29, 0.717) is 11.5 Å². The van der Waals surface area contributed by atoms with E-state index in [0.717, 1.165) is 11.4 Å². The number of nitrogens with two attached hydrogens (primary N) is 1. The molecule has 0 unspecified atom stereocenters. The Morgan fingerprint density at radius 2 is 2.12 bits per heavy atom. The van der Waals surface area contributed by atoms with Crippen LogP contribution in [0.15, 0.2) is 18.2 Å². The van der Waals surface area contributed by atoms with Gasteiger partial charge in [-0.2, -0.15) is 5.10 Å². The topological polar surface area (TPSA) is 75.1 Å². The Labute approximate surface area is 98.6 Å². The van der Waals surface area contributed by atoms with Crippen molar-refractivity contribution in [2.45, 2.75) is 0 Å². The zero-order chi connectivity index (χ0) is 12.6. The Morgan fingerprint density at radius 1 is 1.41 bits per heavy atom. The van der Waals surface area contributed by atoms with Crippen molar-refractivity contribution in [2.24, 2.45) is 14.1 Å². The Balaban J connectivity index is 2.47. The van der Waals surface area contributed by atoms with Crippen molar-refractivity contribution in [3.8, 4) is 11.4 Å². The van der Waals surface area contributed by atoms with Gasteiger partial charge in [0.15, 0.2) is 0 Å². The Kier molecular flexibility index (Phi) is 2.63. The van der Waals surface area contributed by atoms with Crippen molar-refractivity contribution in [3.63, 3.8) is 0 Å². The number of methoxy groups -OCH3 is 1. The molecule has 0 fully saturated rings. The van der Waals surface area contributed by atoms with Gasteiger partial charge in [-0.25, -0.2) is 4.79 Å². The molecule has 0 aliphatic rings. The predicted octanol–water partition coefficient (Wildman–Crippen LogP) is 0.794. The second-order valence-corrected chi connectivity index (χ2v) is 3.73. The zero-order valence-electron chi connectivity index (χ0n) is 9.97. The summed E-state index contributed by atoms with van der Waals surface area (Å²) in [7, 11) is 4.91. The molecule has 0 atom stereocenters. The first-order valence-electron chi connectivity index (χ1n) is 5.08. The van der Waals surface area contributed by atoms with Gasteiger partial charge in [0, 0.05) is 20.2 Å². The van der Waals surface area contributed by atoms with Gasteiger partial charge in [0.05, 0.1) is 12.8 Å². The minimum Gasteiger partial charge on any atom is -0.464 e. The van der Waals surface area contributed by atoms with Crippen LogP contribution in [0.1, 0.15) is 10.5 Å². The lowest BCUT2D eigenvalue weighted by Crippen LogP contribution is -2.08. The van der Waals surface area contributed by atoms with Crippen LogP contribution in [0.3, 0.4) is 0 Å². The molecule has 17 heavy (non-hydrogen) atoms. The first kappa shape index (κ1) is 11.3. The summed E-state index contributed by atoms with van der Waals surface area (Å²) < 4.78 is 8.00. The zero-order valence-corrected chi connectivity index (χ0v) is 9.97. The van der Waals surface area contributed by atoms with Crippen molar-refractivity contribution >= 4 is 11.8 Å². The number of hydrogen-bond acceptors (Lipinski definition) is 4. The maximum Gasteiger partial charge on any atom is 0.354 e.